The topological polar surface area (TPSA) is 72.7 Å². The van der Waals surface area contributed by atoms with Crippen molar-refractivity contribution in [2.45, 2.75) is 18.6 Å². The van der Waals surface area contributed by atoms with Gasteiger partial charge in [-0.25, -0.2) is 4.39 Å². The van der Waals surface area contributed by atoms with E-state index in [1.807, 2.05) is 23.6 Å². The molecule has 0 unspecified atom stereocenters. The van der Waals surface area contributed by atoms with Gasteiger partial charge in [0.1, 0.15) is 5.82 Å². The van der Waals surface area contributed by atoms with Gasteiger partial charge in [0.25, 0.3) is 0 Å². The van der Waals surface area contributed by atoms with Crippen LogP contribution < -0.4 is 5.32 Å². The fourth-order valence-corrected chi connectivity index (χ4v) is 3.14. The zero-order chi connectivity index (χ0) is 19.2. The summed E-state index contributed by atoms with van der Waals surface area (Å²) in [7, 11) is 0. The number of hydrogen-bond donors (Lipinski definition) is 1. The first-order valence-electron chi connectivity index (χ1n) is 8.19. The number of allylic oxidation sites excluding steroid dienone is 1. The molecule has 6 nitrogen and oxygen atoms in total. The summed E-state index contributed by atoms with van der Waals surface area (Å²) in [5.74, 6) is -0.0296. The fraction of sp³-hybridized carbons (Fsp3) is 0.158. The van der Waals surface area contributed by atoms with E-state index in [0.717, 1.165) is 11.1 Å². The molecule has 138 valence electrons. The first-order valence-corrected chi connectivity index (χ1v) is 9.18. The van der Waals surface area contributed by atoms with Crippen molar-refractivity contribution in [3.8, 4) is 11.4 Å². The Labute approximate surface area is 160 Å². The number of aromatic nitrogens is 4. The third kappa shape index (κ3) is 4.79. The smallest absolute Gasteiger partial charge is 0.234 e. The maximum Gasteiger partial charge on any atom is 0.234 e. The van der Waals surface area contributed by atoms with E-state index >= 15 is 0 Å². The standard InChI is InChI=1S/C19H18FN5OS/c1-13(2)11-25-18(14-7-9-21-10-8-14)23-24-19(25)27-12-17(26)22-16-6-4-3-5-15(16)20/h3-10H,1,11-12H2,2H3,(H,22,26). The van der Waals surface area contributed by atoms with Gasteiger partial charge in [0.2, 0.25) is 5.91 Å². The number of rotatable bonds is 7. The molecule has 1 amide bonds. The van der Waals surface area contributed by atoms with Gasteiger partial charge in [-0.2, -0.15) is 0 Å². The van der Waals surface area contributed by atoms with Crippen LogP contribution in [0.4, 0.5) is 10.1 Å². The summed E-state index contributed by atoms with van der Waals surface area (Å²) < 4.78 is 15.6. The van der Waals surface area contributed by atoms with Crippen LogP contribution in [-0.2, 0) is 11.3 Å². The van der Waals surface area contributed by atoms with E-state index in [-0.39, 0.29) is 17.3 Å². The summed E-state index contributed by atoms with van der Waals surface area (Å²) in [5.41, 5.74) is 1.97. The van der Waals surface area contributed by atoms with Gasteiger partial charge in [-0.1, -0.05) is 36.0 Å². The Balaban J connectivity index is 1.74. The van der Waals surface area contributed by atoms with Gasteiger partial charge in [-0.3, -0.25) is 14.3 Å². The van der Waals surface area contributed by atoms with Crippen LogP contribution in [0.1, 0.15) is 6.92 Å². The number of nitrogens with one attached hydrogen (secondary N) is 1. The number of thioether (sulfide) groups is 1. The molecule has 2 heterocycles. The van der Waals surface area contributed by atoms with E-state index in [1.54, 1.807) is 24.5 Å². The molecule has 0 bridgehead atoms. The molecule has 0 saturated carbocycles. The number of carbonyl (C=O) groups is 1. The summed E-state index contributed by atoms with van der Waals surface area (Å²) in [4.78, 5) is 16.2. The van der Waals surface area contributed by atoms with Gasteiger partial charge in [0.15, 0.2) is 11.0 Å². The van der Waals surface area contributed by atoms with Gasteiger partial charge in [-0.15, -0.1) is 10.2 Å². The van der Waals surface area contributed by atoms with Crippen molar-refractivity contribution in [1.82, 2.24) is 19.7 Å². The molecule has 27 heavy (non-hydrogen) atoms. The second-order valence-corrected chi connectivity index (χ2v) is 6.84. The molecule has 0 saturated heterocycles. The molecule has 0 aliphatic rings. The lowest BCUT2D eigenvalue weighted by Crippen LogP contribution is -2.15. The highest BCUT2D eigenvalue weighted by Gasteiger charge is 2.16. The molecule has 0 atom stereocenters. The molecule has 2 aromatic heterocycles. The number of anilines is 1. The highest BCUT2D eigenvalue weighted by atomic mass is 32.2. The van der Waals surface area contributed by atoms with Crippen molar-refractivity contribution in [3.63, 3.8) is 0 Å². The van der Waals surface area contributed by atoms with E-state index in [4.69, 9.17) is 0 Å². The lowest BCUT2D eigenvalue weighted by atomic mass is 10.2. The van der Waals surface area contributed by atoms with Crippen molar-refractivity contribution in [2.24, 2.45) is 0 Å². The molecule has 1 N–H and O–H groups in total. The largest absolute Gasteiger partial charge is 0.323 e. The van der Waals surface area contributed by atoms with Crippen LogP contribution in [0.5, 0.6) is 0 Å². The third-order valence-corrected chi connectivity index (χ3v) is 4.53. The van der Waals surface area contributed by atoms with E-state index < -0.39 is 5.82 Å². The summed E-state index contributed by atoms with van der Waals surface area (Å²) in [6, 6.07) is 9.74. The van der Waals surface area contributed by atoms with E-state index in [9.17, 15) is 9.18 Å². The summed E-state index contributed by atoms with van der Waals surface area (Å²) in [6.07, 6.45) is 3.37. The van der Waals surface area contributed by atoms with Crippen molar-refractivity contribution in [3.05, 3.63) is 66.8 Å². The van der Waals surface area contributed by atoms with Crippen LogP contribution in [0.3, 0.4) is 0 Å². The number of amides is 1. The Hall–Kier alpha value is -3.00. The Morgan fingerprint density at radius 2 is 1.96 bits per heavy atom. The second kappa shape index (κ2) is 8.59. The quantitative estimate of drug-likeness (QED) is 0.496. The van der Waals surface area contributed by atoms with Gasteiger partial charge in [0, 0.05) is 24.5 Å². The Kier molecular flexibility index (Phi) is 5.97. The first kappa shape index (κ1) is 18.8. The minimum atomic E-state index is -0.471. The molecule has 8 heteroatoms. The zero-order valence-electron chi connectivity index (χ0n) is 14.7. The molecule has 3 aromatic rings. The van der Waals surface area contributed by atoms with Crippen LogP contribution in [0.2, 0.25) is 0 Å². The van der Waals surface area contributed by atoms with Crippen LogP contribution in [0, 0.1) is 5.82 Å². The highest BCUT2D eigenvalue weighted by molar-refractivity contribution is 7.99. The minimum absolute atomic E-state index is 0.0823. The second-order valence-electron chi connectivity index (χ2n) is 5.90. The number of carbonyl (C=O) groups excluding carboxylic acids is 1. The molecule has 1 aromatic carbocycles. The van der Waals surface area contributed by atoms with Crippen molar-refractivity contribution in [1.29, 1.82) is 0 Å². The number of pyridine rings is 1. The maximum absolute atomic E-state index is 13.6. The van der Waals surface area contributed by atoms with E-state index in [2.05, 4.69) is 27.1 Å². The Bertz CT molecular complexity index is 958. The highest BCUT2D eigenvalue weighted by Crippen LogP contribution is 2.25. The number of hydrogen-bond acceptors (Lipinski definition) is 5. The van der Waals surface area contributed by atoms with Crippen LogP contribution >= 0.6 is 11.8 Å². The van der Waals surface area contributed by atoms with Gasteiger partial charge in [-0.05, 0) is 31.2 Å². The van der Waals surface area contributed by atoms with Gasteiger partial charge >= 0.3 is 0 Å². The van der Waals surface area contributed by atoms with Crippen molar-refractivity contribution in [2.75, 3.05) is 11.1 Å². The molecule has 0 spiro atoms. The number of benzene rings is 1. The predicted octanol–water partition coefficient (Wildman–Crippen LogP) is 3.79. The molecule has 0 aliphatic carbocycles. The Morgan fingerprint density at radius 3 is 2.67 bits per heavy atom. The third-order valence-electron chi connectivity index (χ3n) is 3.56. The number of para-hydroxylation sites is 1. The molecular formula is C19H18FN5OS. The van der Waals surface area contributed by atoms with Crippen LogP contribution in [0.25, 0.3) is 11.4 Å². The molecule has 0 radical (unpaired) electrons. The summed E-state index contributed by atoms with van der Waals surface area (Å²) in [5, 5.41) is 11.6. The average molecular weight is 383 g/mol. The monoisotopic (exact) mass is 383 g/mol. The Morgan fingerprint density at radius 1 is 1.22 bits per heavy atom. The fourth-order valence-electron chi connectivity index (χ4n) is 2.40. The molecule has 0 aliphatic heterocycles. The SMILES string of the molecule is C=C(C)Cn1c(SCC(=O)Nc2ccccc2F)nnc1-c1ccncc1. The predicted molar refractivity (Wildman–Crippen MR) is 104 cm³/mol. The lowest BCUT2D eigenvalue weighted by Gasteiger charge is -2.10. The minimum Gasteiger partial charge on any atom is -0.323 e. The van der Waals surface area contributed by atoms with Crippen molar-refractivity contribution < 1.29 is 9.18 Å². The average Bonchev–Trinajstić information content (AvgIpc) is 3.04. The maximum atomic E-state index is 13.6. The number of nitrogens with zero attached hydrogens (tertiary/aromatic N) is 4. The zero-order valence-corrected chi connectivity index (χ0v) is 15.5. The number of halogens is 1. The van der Waals surface area contributed by atoms with Crippen molar-refractivity contribution >= 4 is 23.4 Å². The van der Waals surface area contributed by atoms with Gasteiger partial charge in [0.05, 0.1) is 11.4 Å². The summed E-state index contributed by atoms with van der Waals surface area (Å²) in [6.45, 7) is 6.39. The lowest BCUT2D eigenvalue weighted by molar-refractivity contribution is -0.113. The van der Waals surface area contributed by atoms with Crippen LogP contribution in [-0.4, -0.2) is 31.4 Å². The van der Waals surface area contributed by atoms with E-state index in [0.29, 0.717) is 17.5 Å². The molecule has 0 fully saturated rings. The van der Waals surface area contributed by atoms with E-state index in [1.165, 1.54) is 23.9 Å². The van der Waals surface area contributed by atoms with Crippen LogP contribution in [0.15, 0.2) is 66.1 Å². The molecule has 3 rings (SSSR count). The normalized spacial score (nSPS) is 10.6. The molecular weight excluding hydrogens is 365 g/mol. The van der Waals surface area contributed by atoms with Gasteiger partial charge < -0.3 is 5.32 Å². The first-order chi connectivity index (χ1) is 13.0. The summed E-state index contributed by atoms with van der Waals surface area (Å²) >= 11 is 1.24.